The maximum Gasteiger partial charge on any atom is 0.0330 e. The minimum atomic E-state index is 0.159. The van der Waals surface area contributed by atoms with Gasteiger partial charge in [0.1, 0.15) is 0 Å². The van der Waals surface area contributed by atoms with Crippen LogP contribution >= 0.6 is 0 Å². The maximum absolute atomic E-state index is 6.12. The highest BCUT2D eigenvalue weighted by molar-refractivity contribution is 5.00. The van der Waals surface area contributed by atoms with Crippen LogP contribution in [-0.2, 0) is 0 Å². The zero-order valence-electron chi connectivity index (χ0n) is 14.5. The SMILES string of the molecule is CCCCCCC(C)(CN)N(C)CC1(N(C)C)CCC1. The smallest absolute Gasteiger partial charge is 0.0330 e. The average molecular weight is 284 g/mol. The summed E-state index contributed by atoms with van der Waals surface area (Å²) in [4.78, 5) is 4.97. The molecule has 1 saturated carbocycles. The Labute approximate surface area is 126 Å². The van der Waals surface area contributed by atoms with E-state index in [9.17, 15) is 0 Å². The zero-order chi connectivity index (χ0) is 15.2. The summed E-state index contributed by atoms with van der Waals surface area (Å²) in [5.74, 6) is 0. The summed E-state index contributed by atoms with van der Waals surface area (Å²) in [6.45, 7) is 6.53. The van der Waals surface area contributed by atoms with Crippen LogP contribution in [0.3, 0.4) is 0 Å². The molecule has 0 amide bonds. The molecule has 0 spiro atoms. The van der Waals surface area contributed by atoms with Gasteiger partial charge in [-0.1, -0.05) is 32.6 Å². The number of unbranched alkanes of at least 4 members (excludes halogenated alkanes) is 3. The lowest BCUT2D eigenvalue weighted by atomic mass is 9.74. The number of nitrogens with two attached hydrogens (primary N) is 1. The topological polar surface area (TPSA) is 32.5 Å². The Kier molecular flexibility index (Phi) is 6.96. The van der Waals surface area contributed by atoms with E-state index >= 15 is 0 Å². The summed E-state index contributed by atoms with van der Waals surface area (Å²) < 4.78 is 0. The monoisotopic (exact) mass is 283 g/mol. The quantitative estimate of drug-likeness (QED) is 0.625. The molecule has 3 nitrogen and oxygen atoms in total. The maximum atomic E-state index is 6.12. The van der Waals surface area contributed by atoms with E-state index in [0.717, 1.165) is 13.1 Å². The first-order valence-electron chi connectivity index (χ1n) is 8.49. The molecule has 0 aromatic rings. The van der Waals surface area contributed by atoms with Crippen molar-refractivity contribution in [2.24, 2.45) is 5.73 Å². The fraction of sp³-hybridized carbons (Fsp3) is 1.00. The fourth-order valence-corrected chi connectivity index (χ4v) is 3.35. The van der Waals surface area contributed by atoms with Crippen molar-refractivity contribution in [2.45, 2.75) is 76.3 Å². The predicted molar refractivity (Wildman–Crippen MR) is 89.1 cm³/mol. The van der Waals surface area contributed by atoms with Crippen molar-refractivity contribution in [3.05, 3.63) is 0 Å². The van der Waals surface area contributed by atoms with Gasteiger partial charge < -0.3 is 10.6 Å². The van der Waals surface area contributed by atoms with Gasteiger partial charge in [-0.2, -0.15) is 0 Å². The van der Waals surface area contributed by atoms with E-state index in [1.807, 2.05) is 0 Å². The van der Waals surface area contributed by atoms with E-state index in [1.54, 1.807) is 0 Å². The fourth-order valence-electron chi connectivity index (χ4n) is 3.35. The molecular formula is C17H37N3. The normalized spacial score (nSPS) is 21.0. The minimum absolute atomic E-state index is 0.159. The molecule has 1 fully saturated rings. The third-order valence-corrected chi connectivity index (χ3v) is 5.69. The molecule has 20 heavy (non-hydrogen) atoms. The van der Waals surface area contributed by atoms with E-state index < -0.39 is 0 Å². The Hall–Kier alpha value is -0.120. The van der Waals surface area contributed by atoms with Crippen LogP contribution in [0.2, 0.25) is 0 Å². The first kappa shape index (κ1) is 17.9. The second-order valence-corrected chi connectivity index (χ2v) is 7.34. The Balaban J connectivity index is 2.54. The van der Waals surface area contributed by atoms with Gasteiger partial charge in [0.05, 0.1) is 0 Å². The summed E-state index contributed by atoms with van der Waals surface area (Å²) in [6.07, 6.45) is 10.6. The van der Waals surface area contributed by atoms with Gasteiger partial charge in [-0.15, -0.1) is 0 Å². The largest absolute Gasteiger partial charge is 0.329 e. The summed E-state index contributed by atoms with van der Waals surface area (Å²) in [5.41, 5.74) is 6.68. The number of nitrogens with zero attached hydrogens (tertiary/aromatic N) is 2. The lowest BCUT2D eigenvalue weighted by molar-refractivity contribution is -0.00586. The molecule has 1 rings (SSSR count). The van der Waals surface area contributed by atoms with E-state index in [-0.39, 0.29) is 5.54 Å². The first-order chi connectivity index (χ1) is 9.40. The zero-order valence-corrected chi connectivity index (χ0v) is 14.5. The van der Waals surface area contributed by atoms with Gasteiger partial charge in [-0.3, -0.25) is 4.90 Å². The van der Waals surface area contributed by atoms with Crippen molar-refractivity contribution >= 4 is 0 Å². The van der Waals surface area contributed by atoms with E-state index in [2.05, 4.69) is 44.8 Å². The van der Waals surface area contributed by atoms with Crippen molar-refractivity contribution in [3.63, 3.8) is 0 Å². The van der Waals surface area contributed by atoms with Gasteiger partial charge in [-0.05, 0) is 53.8 Å². The van der Waals surface area contributed by atoms with Crippen LogP contribution in [-0.4, -0.2) is 55.1 Å². The average Bonchev–Trinajstić information content (AvgIpc) is 2.37. The predicted octanol–water partition coefficient (Wildman–Crippen LogP) is 3.09. The molecule has 0 aromatic heterocycles. The van der Waals surface area contributed by atoms with Crippen molar-refractivity contribution in [2.75, 3.05) is 34.2 Å². The van der Waals surface area contributed by atoms with E-state index in [1.165, 1.54) is 51.4 Å². The molecule has 0 aliphatic heterocycles. The van der Waals surface area contributed by atoms with Crippen LogP contribution in [0.4, 0.5) is 0 Å². The summed E-state index contributed by atoms with van der Waals surface area (Å²) in [7, 11) is 6.73. The molecule has 1 aliphatic carbocycles. The van der Waals surface area contributed by atoms with Crippen molar-refractivity contribution < 1.29 is 0 Å². The molecule has 120 valence electrons. The van der Waals surface area contributed by atoms with Gasteiger partial charge >= 0.3 is 0 Å². The highest BCUT2D eigenvalue weighted by Gasteiger charge is 2.42. The highest BCUT2D eigenvalue weighted by Crippen LogP contribution is 2.38. The van der Waals surface area contributed by atoms with Gasteiger partial charge in [0.25, 0.3) is 0 Å². The highest BCUT2D eigenvalue weighted by atomic mass is 15.3. The van der Waals surface area contributed by atoms with Crippen molar-refractivity contribution in [1.82, 2.24) is 9.80 Å². The Bertz CT molecular complexity index is 273. The number of likely N-dealkylation sites (N-methyl/N-ethyl adjacent to an activating group) is 2. The van der Waals surface area contributed by atoms with Gasteiger partial charge in [0.15, 0.2) is 0 Å². The molecule has 1 atom stereocenters. The lowest BCUT2D eigenvalue weighted by Crippen LogP contribution is -2.61. The third kappa shape index (κ3) is 4.19. The summed E-state index contributed by atoms with van der Waals surface area (Å²) in [5, 5.41) is 0. The molecule has 0 heterocycles. The number of hydrogen-bond donors (Lipinski definition) is 1. The number of hydrogen-bond acceptors (Lipinski definition) is 3. The first-order valence-corrected chi connectivity index (χ1v) is 8.49. The number of rotatable bonds is 10. The second kappa shape index (κ2) is 7.77. The van der Waals surface area contributed by atoms with Crippen molar-refractivity contribution in [1.29, 1.82) is 0 Å². The van der Waals surface area contributed by atoms with Crippen molar-refractivity contribution in [3.8, 4) is 0 Å². The third-order valence-electron chi connectivity index (χ3n) is 5.69. The molecule has 0 bridgehead atoms. The van der Waals surface area contributed by atoms with Crippen LogP contribution in [0.5, 0.6) is 0 Å². The van der Waals surface area contributed by atoms with Crippen LogP contribution < -0.4 is 5.73 Å². The van der Waals surface area contributed by atoms with E-state index in [4.69, 9.17) is 5.73 Å². The Morgan fingerprint density at radius 1 is 1.10 bits per heavy atom. The van der Waals surface area contributed by atoms with Crippen LogP contribution in [0.1, 0.15) is 65.2 Å². The summed E-state index contributed by atoms with van der Waals surface area (Å²) >= 11 is 0. The van der Waals surface area contributed by atoms with Gasteiger partial charge in [0.2, 0.25) is 0 Å². The standard InChI is InChI=1S/C17H37N3/c1-6-7-8-9-11-16(2,14-18)20(5)15-17(19(3)4)12-10-13-17/h6-15,18H2,1-5H3. The Morgan fingerprint density at radius 3 is 2.15 bits per heavy atom. The molecule has 3 heteroatoms. The molecule has 1 aliphatic rings. The minimum Gasteiger partial charge on any atom is -0.329 e. The van der Waals surface area contributed by atoms with Gasteiger partial charge in [-0.25, -0.2) is 0 Å². The van der Waals surface area contributed by atoms with Crippen LogP contribution in [0, 0.1) is 0 Å². The molecule has 1 unspecified atom stereocenters. The molecule has 0 radical (unpaired) electrons. The molecule has 0 aromatic carbocycles. The van der Waals surface area contributed by atoms with E-state index in [0.29, 0.717) is 5.54 Å². The summed E-state index contributed by atoms with van der Waals surface area (Å²) in [6, 6.07) is 0. The second-order valence-electron chi connectivity index (χ2n) is 7.34. The van der Waals surface area contributed by atoms with Crippen LogP contribution in [0.15, 0.2) is 0 Å². The van der Waals surface area contributed by atoms with Gasteiger partial charge in [0, 0.05) is 24.2 Å². The lowest BCUT2D eigenvalue weighted by Gasteiger charge is -2.52. The molecule has 2 N–H and O–H groups in total. The molecular weight excluding hydrogens is 246 g/mol. The van der Waals surface area contributed by atoms with Crippen LogP contribution in [0.25, 0.3) is 0 Å². The Morgan fingerprint density at radius 2 is 1.75 bits per heavy atom. The molecule has 0 saturated heterocycles.